The Morgan fingerprint density at radius 2 is 2.39 bits per heavy atom. The second-order valence-electron chi connectivity index (χ2n) is 4.66. The molecule has 0 N–H and O–H groups in total. The molecule has 0 aliphatic heterocycles. The Balaban J connectivity index is 1.91. The van der Waals surface area contributed by atoms with Gasteiger partial charge < -0.3 is 4.90 Å². The fourth-order valence-corrected chi connectivity index (χ4v) is 2.07. The van der Waals surface area contributed by atoms with Gasteiger partial charge in [0, 0.05) is 19.3 Å². The van der Waals surface area contributed by atoms with Crippen LogP contribution in [0.1, 0.15) is 30.1 Å². The van der Waals surface area contributed by atoms with Crippen LogP contribution in [0.3, 0.4) is 0 Å². The summed E-state index contributed by atoms with van der Waals surface area (Å²) >= 11 is 0. The van der Waals surface area contributed by atoms with Crippen molar-refractivity contribution >= 4 is 11.6 Å². The molecule has 0 bridgehead atoms. The van der Waals surface area contributed by atoms with Gasteiger partial charge in [-0.05, 0) is 48.2 Å². The predicted molar refractivity (Wildman–Crippen MR) is 65.1 cm³/mol. The molecule has 2 heterocycles. The number of aromatic nitrogens is 4. The molecule has 0 radical (unpaired) electrons. The summed E-state index contributed by atoms with van der Waals surface area (Å²) in [4.78, 5) is 14.3. The zero-order valence-electron chi connectivity index (χ0n) is 10.3. The molecule has 2 aromatic rings. The van der Waals surface area contributed by atoms with Gasteiger partial charge in [-0.1, -0.05) is 0 Å². The van der Waals surface area contributed by atoms with Gasteiger partial charge in [-0.2, -0.15) is 4.52 Å². The van der Waals surface area contributed by atoms with Crippen molar-refractivity contribution in [3.8, 4) is 0 Å². The number of tetrazole rings is 1. The molecule has 0 spiro atoms. The first-order valence-corrected chi connectivity index (χ1v) is 6.25. The summed E-state index contributed by atoms with van der Waals surface area (Å²) in [5, 5.41) is 11.3. The number of pyridine rings is 1. The lowest BCUT2D eigenvalue weighted by Crippen LogP contribution is -2.33. The van der Waals surface area contributed by atoms with Crippen LogP contribution in [0.25, 0.3) is 5.65 Å². The van der Waals surface area contributed by atoms with E-state index in [-0.39, 0.29) is 5.91 Å². The molecular weight excluding hydrogens is 230 g/mol. The number of hydrogen-bond acceptors (Lipinski definition) is 4. The Morgan fingerprint density at radius 1 is 1.56 bits per heavy atom. The smallest absolute Gasteiger partial charge is 0.257 e. The number of carbonyl (C=O) groups is 1. The Bertz CT molecular complexity index is 575. The van der Waals surface area contributed by atoms with Crippen LogP contribution in [0, 0.1) is 5.92 Å². The Kier molecular flexibility index (Phi) is 2.70. The SMILES string of the molecule is CCN(CC1CC1)C(=O)c1cccn2nnnc12. The maximum Gasteiger partial charge on any atom is 0.257 e. The molecule has 1 fully saturated rings. The highest BCUT2D eigenvalue weighted by molar-refractivity contribution is 5.99. The van der Waals surface area contributed by atoms with E-state index in [4.69, 9.17) is 0 Å². The lowest BCUT2D eigenvalue weighted by atomic mass is 10.2. The average Bonchev–Trinajstić information content (AvgIpc) is 3.08. The van der Waals surface area contributed by atoms with Gasteiger partial charge >= 0.3 is 0 Å². The Morgan fingerprint density at radius 3 is 3.11 bits per heavy atom. The molecule has 94 valence electrons. The number of amides is 1. The molecule has 3 rings (SSSR count). The minimum Gasteiger partial charge on any atom is -0.339 e. The molecule has 6 nitrogen and oxygen atoms in total. The highest BCUT2D eigenvalue weighted by Crippen LogP contribution is 2.30. The van der Waals surface area contributed by atoms with E-state index in [0.29, 0.717) is 17.1 Å². The zero-order chi connectivity index (χ0) is 12.5. The number of rotatable bonds is 4. The van der Waals surface area contributed by atoms with Crippen LogP contribution < -0.4 is 0 Å². The third-order valence-electron chi connectivity index (χ3n) is 3.30. The standard InChI is InChI=1S/C12H15N5O/c1-2-16(8-9-5-6-9)12(18)10-4-3-7-17-11(10)13-14-15-17/h3-4,7,9H,2,5-6,8H2,1H3. The first-order chi connectivity index (χ1) is 8.79. The molecule has 0 unspecified atom stereocenters. The first-order valence-electron chi connectivity index (χ1n) is 6.25. The second kappa shape index (κ2) is 4.36. The van der Waals surface area contributed by atoms with Crippen LogP contribution in [-0.4, -0.2) is 43.9 Å². The molecule has 1 aliphatic rings. The fourth-order valence-electron chi connectivity index (χ4n) is 2.07. The first kappa shape index (κ1) is 11.1. The van der Waals surface area contributed by atoms with Crippen molar-refractivity contribution in [1.82, 2.24) is 24.9 Å². The second-order valence-corrected chi connectivity index (χ2v) is 4.66. The van der Waals surface area contributed by atoms with E-state index in [0.717, 1.165) is 13.1 Å². The summed E-state index contributed by atoms with van der Waals surface area (Å²) in [7, 11) is 0. The highest BCUT2D eigenvalue weighted by Gasteiger charge is 2.27. The molecule has 1 saturated carbocycles. The molecule has 1 amide bonds. The van der Waals surface area contributed by atoms with Gasteiger partial charge in [0.15, 0.2) is 5.65 Å². The monoisotopic (exact) mass is 245 g/mol. The summed E-state index contributed by atoms with van der Waals surface area (Å²) in [6, 6.07) is 3.57. The van der Waals surface area contributed by atoms with Crippen LogP contribution in [0.5, 0.6) is 0 Å². The van der Waals surface area contributed by atoms with Crippen LogP contribution in [0.4, 0.5) is 0 Å². The largest absolute Gasteiger partial charge is 0.339 e. The number of nitrogens with zero attached hydrogens (tertiary/aromatic N) is 5. The molecular formula is C12H15N5O. The van der Waals surface area contributed by atoms with Crippen molar-refractivity contribution < 1.29 is 4.79 Å². The molecule has 0 aromatic carbocycles. The van der Waals surface area contributed by atoms with E-state index in [2.05, 4.69) is 15.5 Å². The molecule has 0 saturated heterocycles. The van der Waals surface area contributed by atoms with Crippen LogP contribution in [0.15, 0.2) is 18.3 Å². The van der Waals surface area contributed by atoms with Crippen LogP contribution in [0.2, 0.25) is 0 Å². The van der Waals surface area contributed by atoms with Crippen LogP contribution in [-0.2, 0) is 0 Å². The normalized spacial score (nSPS) is 14.9. The van der Waals surface area contributed by atoms with Gasteiger partial charge in [0.25, 0.3) is 5.91 Å². The average molecular weight is 245 g/mol. The quantitative estimate of drug-likeness (QED) is 0.806. The summed E-state index contributed by atoms with van der Waals surface area (Å²) in [5.74, 6) is 0.703. The van der Waals surface area contributed by atoms with Gasteiger partial charge in [0.2, 0.25) is 0 Å². The molecule has 0 atom stereocenters. The molecule has 1 aliphatic carbocycles. The Hall–Kier alpha value is -1.98. The Labute approximate surface area is 105 Å². The predicted octanol–water partition coefficient (Wildman–Crippen LogP) is 0.996. The zero-order valence-corrected chi connectivity index (χ0v) is 10.3. The third kappa shape index (κ3) is 1.94. The maximum atomic E-state index is 12.5. The van der Waals surface area contributed by atoms with E-state index >= 15 is 0 Å². The van der Waals surface area contributed by atoms with E-state index in [1.54, 1.807) is 18.3 Å². The fraction of sp³-hybridized carbons (Fsp3) is 0.500. The van der Waals surface area contributed by atoms with Gasteiger partial charge in [-0.25, -0.2) is 0 Å². The van der Waals surface area contributed by atoms with Gasteiger partial charge in [0.05, 0.1) is 5.56 Å². The minimum absolute atomic E-state index is 0.0183. The van der Waals surface area contributed by atoms with Crippen molar-refractivity contribution in [1.29, 1.82) is 0 Å². The summed E-state index contributed by atoms with van der Waals surface area (Å²) < 4.78 is 1.53. The maximum absolute atomic E-state index is 12.5. The van der Waals surface area contributed by atoms with Gasteiger partial charge in [-0.15, -0.1) is 5.10 Å². The molecule has 6 heteroatoms. The number of carbonyl (C=O) groups excluding carboxylic acids is 1. The van der Waals surface area contributed by atoms with Crippen molar-refractivity contribution in [2.24, 2.45) is 5.92 Å². The molecule has 18 heavy (non-hydrogen) atoms. The van der Waals surface area contributed by atoms with E-state index in [9.17, 15) is 4.79 Å². The van der Waals surface area contributed by atoms with Crippen molar-refractivity contribution in [2.45, 2.75) is 19.8 Å². The van der Waals surface area contributed by atoms with Gasteiger partial charge in [-0.3, -0.25) is 4.79 Å². The van der Waals surface area contributed by atoms with Crippen LogP contribution >= 0.6 is 0 Å². The van der Waals surface area contributed by atoms with Crippen molar-refractivity contribution in [3.63, 3.8) is 0 Å². The van der Waals surface area contributed by atoms with Crippen molar-refractivity contribution in [2.75, 3.05) is 13.1 Å². The number of hydrogen-bond donors (Lipinski definition) is 0. The summed E-state index contributed by atoms with van der Waals surface area (Å²) in [6.07, 6.45) is 4.21. The van der Waals surface area contributed by atoms with Gasteiger partial charge in [0.1, 0.15) is 0 Å². The molecule has 2 aromatic heterocycles. The van der Waals surface area contributed by atoms with E-state index in [1.165, 1.54) is 17.4 Å². The van der Waals surface area contributed by atoms with E-state index < -0.39 is 0 Å². The highest BCUT2D eigenvalue weighted by atomic mass is 16.2. The third-order valence-corrected chi connectivity index (χ3v) is 3.30. The topological polar surface area (TPSA) is 63.4 Å². The van der Waals surface area contributed by atoms with Crippen molar-refractivity contribution in [3.05, 3.63) is 23.9 Å². The minimum atomic E-state index is 0.0183. The lowest BCUT2D eigenvalue weighted by molar-refractivity contribution is 0.0758. The summed E-state index contributed by atoms with van der Waals surface area (Å²) in [6.45, 7) is 3.57. The van der Waals surface area contributed by atoms with E-state index in [1.807, 2.05) is 11.8 Å². The lowest BCUT2D eigenvalue weighted by Gasteiger charge is -2.20. The number of fused-ring (bicyclic) bond motifs is 1. The summed E-state index contributed by atoms with van der Waals surface area (Å²) in [5.41, 5.74) is 1.10.